The highest BCUT2D eigenvalue weighted by molar-refractivity contribution is 7.15. The zero-order valence-electron chi connectivity index (χ0n) is 11.3. The molecule has 2 rings (SSSR count). The highest BCUT2D eigenvalue weighted by Crippen LogP contribution is 2.26. The Kier molecular flexibility index (Phi) is 4.62. The van der Waals surface area contributed by atoms with Crippen LogP contribution in [0.1, 0.15) is 48.1 Å². The van der Waals surface area contributed by atoms with Crippen molar-refractivity contribution in [2.24, 2.45) is 0 Å². The minimum absolute atomic E-state index is 0.204. The summed E-state index contributed by atoms with van der Waals surface area (Å²) in [6.07, 6.45) is 2.11. The molecule has 1 unspecified atom stereocenters. The first-order valence-corrected chi connectivity index (χ1v) is 7.26. The SMILES string of the molecule is CCCC(C)c1nnc(NC(=O)c2cccc(=O)[nH]2)s1. The third kappa shape index (κ3) is 3.51. The maximum Gasteiger partial charge on any atom is 0.274 e. The third-order valence-electron chi connectivity index (χ3n) is 2.82. The fourth-order valence-corrected chi connectivity index (χ4v) is 2.61. The Hall–Kier alpha value is -2.02. The van der Waals surface area contributed by atoms with Crippen molar-refractivity contribution in [2.45, 2.75) is 32.6 Å². The van der Waals surface area contributed by atoms with Crippen LogP contribution in [-0.4, -0.2) is 21.1 Å². The zero-order valence-corrected chi connectivity index (χ0v) is 12.2. The van der Waals surface area contributed by atoms with Gasteiger partial charge in [0.15, 0.2) is 0 Å². The highest BCUT2D eigenvalue weighted by Gasteiger charge is 2.14. The molecule has 0 fully saturated rings. The molecule has 6 nitrogen and oxygen atoms in total. The maximum atomic E-state index is 11.9. The summed E-state index contributed by atoms with van der Waals surface area (Å²) in [6, 6.07) is 4.42. The quantitative estimate of drug-likeness (QED) is 0.885. The Morgan fingerprint density at radius 3 is 2.95 bits per heavy atom. The van der Waals surface area contributed by atoms with E-state index in [0.717, 1.165) is 17.8 Å². The molecule has 0 saturated carbocycles. The first-order chi connectivity index (χ1) is 9.60. The standard InChI is InChI=1S/C13H16N4O2S/c1-3-5-8(2)12-16-17-13(20-12)15-11(19)9-6-4-7-10(18)14-9/h4,6-8H,3,5H2,1-2H3,(H,14,18)(H,15,17,19). The first kappa shape index (κ1) is 14.4. The molecule has 2 N–H and O–H groups in total. The molecule has 0 aromatic carbocycles. The lowest BCUT2D eigenvalue weighted by atomic mass is 10.1. The van der Waals surface area contributed by atoms with E-state index < -0.39 is 5.91 Å². The lowest BCUT2D eigenvalue weighted by Gasteiger charge is -2.03. The molecule has 2 heterocycles. The van der Waals surface area contributed by atoms with Crippen LogP contribution < -0.4 is 10.9 Å². The van der Waals surface area contributed by atoms with Gasteiger partial charge in [-0.15, -0.1) is 10.2 Å². The Bertz CT molecular complexity index is 650. The Morgan fingerprint density at radius 1 is 1.45 bits per heavy atom. The minimum Gasteiger partial charge on any atom is -0.318 e. The smallest absolute Gasteiger partial charge is 0.274 e. The van der Waals surface area contributed by atoms with Crippen LogP contribution in [-0.2, 0) is 0 Å². The number of hydrogen-bond acceptors (Lipinski definition) is 5. The van der Waals surface area contributed by atoms with Gasteiger partial charge in [-0.25, -0.2) is 0 Å². The summed E-state index contributed by atoms with van der Waals surface area (Å²) < 4.78 is 0. The summed E-state index contributed by atoms with van der Waals surface area (Å²) >= 11 is 1.36. The number of H-pyrrole nitrogens is 1. The Balaban J connectivity index is 2.07. The molecular formula is C13H16N4O2S. The molecule has 0 aliphatic carbocycles. The number of rotatable bonds is 5. The zero-order chi connectivity index (χ0) is 14.5. The number of hydrogen-bond donors (Lipinski definition) is 2. The van der Waals surface area contributed by atoms with Gasteiger partial charge >= 0.3 is 0 Å². The first-order valence-electron chi connectivity index (χ1n) is 6.44. The highest BCUT2D eigenvalue weighted by atomic mass is 32.1. The van der Waals surface area contributed by atoms with Gasteiger partial charge in [-0.3, -0.25) is 14.9 Å². The monoisotopic (exact) mass is 292 g/mol. The normalized spacial score (nSPS) is 12.1. The second kappa shape index (κ2) is 6.42. The Morgan fingerprint density at radius 2 is 2.25 bits per heavy atom. The van der Waals surface area contributed by atoms with E-state index in [1.54, 1.807) is 6.07 Å². The van der Waals surface area contributed by atoms with E-state index in [1.807, 2.05) is 0 Å². The lowest BCUT2D eigenvalue weighted by Crippen LogP contribution is -2.17. The van der Waals surface area contributed by atoms with Gasteiger partial charge in [-0.1, -0.05) is 37.7 Å². The van der Waals surface area contributed by atoms with Crippen LogP contribution in [0.25, 0.3) is 0 Å². The molecule has 0 saturated heterocycles. The largest absolute Gasteiger partial charge is 0.318 e. The molecule has 1 amide bonds. The van der Waals surface area contributed by atoms with Crippen molar-refractivity contribution < 1.29 is 4.79 Å². The molecule has 0 radical (unpaired) electrons. The molecular weight excluding hydrogens is 276 g/mol. The number of carbonyl (C=O) groups is 1. The molecule has 106 valence electrons. The van der Waals surface area contributed by atoms with Gasteiger partial charge in [0.1, 0.15) is 10.7 Å². The number of nitrogens with one attached hydrogen (secondary N) is 2. The fourth-order valence-electron chi connectivity index (χ4n) is 1.79. The van der Waals surface area contributed by atoms with E-state index in [4.69, 9.17) is 0 Å². The van der Waals surface area contributed by atoms with E-state index in [0.29, 0.717) is 11.0 Å². The van der Waals surface area contributed by atoms with Crippen molar-refractivity contribution in [3.05, 3.63) is 39.3 Å². The lowest BCUT2D eigenvalue weighted by molar-refractivity contribution is 0.102. The van der Waals surface area contributed by atoms with Crippen molar-refractivity contribution in [1.82, 2.24) is 15.2 Å². The minimum atomic E-state index is -0.395. The van der Waals surface area contributed by atoms with Crippen LogP contribution in [0.4, 0.5) is 5.13 Å². The number of amides is 1. The van der Waals surface area contributed by atoms with Gasteiger partial charge in [-0.05, 0) is 12.5 Å². The van der Waals surface area contributed by atoms with Gasteiger partial charge in [-0.2, -0.15) is 0 Å². The number of aromatic nitrogens is 3. The van der Waals surface area contributed by atoms with Crippen LogP contribution >= 0.6 is 11.3 Å². The molecule has 0 bridgehead atoms. The molecule has 2 aromatic heterocycles. The van der Waals surface area contributed by atoms with Crippen molar-refractivity contribution >= 4 is 22.4 Å². The number of aromatic amines is 1. The number of anilines is 1. The average molecular weight is 292 g/mol. The summed E-state index contributed by atoms with van der Waals surface area (Å²) in [5.74, 6) is -0.0618. The summed E-state index contributed by atoms with van der Waals surface area (Å²) in [5.41, 5.74) is -0.108. The van der Waals surface area contributed by atoms with Crippen molar-refractivity contribution in [3.63, 3.8) is 0 Å². The summed E-state index contributed by atoms with van der Waals surface area (Å²) in [4.78, 5) is 25.5. The van der Waals surface area contributed by atoms with E-state index >= 15 is 0 Å². The topological polar surface area (TPSA) is 87.7 Å². The number of carbonyl (C=O) groups excluding carboxylic acids is 1. The second-order valence-corrected chi connectivity index (χ2v) is 5.53. The fraction of sp³-hybridized carbons (Fsp3) is 0.385. The van der Waals surface area contributed by atoms with Crippen LogP contribution in [0, 0.1) is 0 Å². The van der Waals surface area contributed by atoms with Crippen LogP contribution in [0.5, 0.6) is 0 Å². The number of pyridine rings is 1. The average Bonchev–Trinajstić information content (AvgIpc) is 2.87. The van der Waals surface area contributed by atoms with Crippen molar-refractivity contribution in [1.29, 1.82) is 0 Å². The summed E-state index contributed by atoms with van der Waals surface area (Å²) in [6.45, 7) is 4.20. The molecule has 0 aliphatic heterocycles. The molecule has 0 spiro atoms. The summed E-state index contributed by atoms with van der Waals surface area (Å²) in [5, 5.41) is 12.0. The predicted molar refractivity (Wildman–Crippen MR) is 78.2 cm³/mol. The summed E-state index contributed by atoms with van der Waals surface area (Å²) in [7, 11) is 0. The van der Waals surface area contributed by atoms with Crippen molar-refractivity contribution in [3.8, 4) is 0 Å². The third-order valence-corrected chi connectivity index (χ3v) is 3.89. The molecule has 0 aliphatic rings. The molecule has 1 atom stereocenters. The number of nitrogens with zero attached hydrogens (tertiary/aromatic N) is 2. The van der Waals surface area contributed by atoms with Gasteiger partial charge < -0.3 is 4.98 Å². The van der Waals surface area contributed by atoms with Crippen LogP contribution in [0.3, 0.4) is 0 Å². The predicted octanol–water partition coefficient (Wildman–Crippen LogP) is 2.38. The van der Waals surface area contributed by atoms with E-state index in [-0.39, 0.29) is 11.3 Å². The van der Waals surface area contributed by atoms with Gasteiger partial charge in [0.05, 0.1) is 0 Å². The van der Waals surface area contributed by atoms with E-state index in [1.165, 1.54) is 23.5 Å². The van der Waals surface area contributed by atoms with E-state index in [9.17, 15) is 9.59 Å². The maximum absolute atomic E-state index is 11.9. The van der Waals surface area contributed by atoms with Crippen LogP contribution in [0.15, 0.2) is 23.0 Å². The van der Waals surface area contributed by atoms with Gasteiger partial charge in [0.2, 0.25) is 10.7 Å². The Labute approximate surface area is 120 Å². The van der Waals surface area contributed by atoms with Crippen LogP contribution in [0.2, 0.25) is 0 Å². The van der Waals surface area contributed by atoms with E-state index in [2.05, 4.69) is 34.3 Å². The second-order valence-electron chi connectivity index (χ2n) is 4.52. The molecule has 20 heavy (non-hydrogen) atoms. The van der Waals surface area contributed by atoms with Crippen molar-refractivity contribution in [2.75, 3.05) is 5.32 Å². The molecule has 7 heteroatoms. The van der Waals surface area contributed by atoms with Gasteiger partial charge in [0, 0.05) is 12.0 Å². The molecule has 2 aromatic rings. The van der Waals surface area contributed by atoms with Gasteiger partial charge in [0.25, 0.3) is 5.91 Å².